The van der Waals surface area contributed by atoms with Gasteiger partial charge < -0.3 is 9.47 Å². The van der Waals surface area contributed by atoms with E-state index in [4.69, 9.17) is 0 Å². The van der Waals surface area contributed by atoms with Crippen molar-refractivity contribution < 1.29 is 4.39 Å². The minimum absolute atomic E-state index is 0.0637. The SMILES string of the molecule is Cc1cc2c(ccn2CC(C)(C)N(C)C)cc1F. The predicted molar refractivity (Wildman–Crippen MR) is 74.4 cm³/mol. The van der Waals surface area contributed by atoms with Gasteiger partial charge in [0.05, 0.1) is 0 Å². The fraction of sp³-hybridized carbons (Fsp3) is 0.467. The third kappa shape index (κ3) is 2.27. The molecule has 1 aromatic heterocycles. The maximum Gasteiger partial charge on any atom is 0.126 e. The van der Waals surface area contributed by atoms with Crippen LogP contribution < -0.4 is 0 Å². The molecule has 1 heterocycles. The summed E-state index contributed by atoms with van der Waals surface area (Å²) in [6.07, 6.45) is 2.04. The van der Waals surface area contributed by atoms with Crippen molar-refractivity contribution in [3.63, 3.8) is 0 Å². The molecule has 0 N–H and O–H groups in total. The Hall–Kier alpha value is -1.35. The van der Waals surface area contributed by atoms with Gasteiger partial charge in [0.25, 0.3) is 0 Å². The molecule has 2 aromatic rings. The Morgan fingerprint density at radius 2 is 1.94 bits per heavy atom. The van der Waals surface area contributed by atoms with Crippen LogP contribution in [-0.2, 0) is 6.54 Å². The van der Waals surface area contributed by atoms with E-state index in [2.05, 4.69) is 37.4 Å². The van der Waals surface area contributed by atoms with Crippen molar-refractivity contribution in [1.82, 2.24) is 9.47 Å². The molecule has 0 spiro atoms. The predicted octanol–water partition coefficient (Wildman–Crippen LogP) is 3.43. The maximum atomic E-state index is 13.5. The number of halogens is 1. The van der Waals surface area contributed by atoms with Crippen molar-refractivity contribution in [3.8, 4) is 0 Å². The van der Waals surface area contributed by atoms with Gasteiger partial charge in [-0.05, 0) is 58.6 Å². The topological polar surface area (TPSA) is 8.17 Å². The lowest BCUT2D eigenvalue weighted by Gasteiger charge is -2.33. The van der Waals surface area contributed by atoms with Gasteiger partial charge in [0.2, 0.25) is 0 Å². The summed E-state index contributed by atoms with van der Waals surface area (Å²) in [5.74, 6) is -0.132. The summed E-state index contributed by atoms with van der Waals surface area (Å²) in [6.45, 7) is 7.10. The smallest absolute Gasteiger partial charge is 0.126 e. The van der Waals surface area contributed by atoms with Crippen LogP contribution in [0.3, 0.4) is 0 Å². The molecule has 0 amide bonds. The lowest BCUT2D eigenvalue weighted by atomic mass is 10.0. The first-order valence-electron chi connectivity index (χ1n) is 6.24. The first-order chi connectivity index (χ1) is 8.31. The highest BCUT2D eigenvalue weighted by atomic mass is 19.1. The summed E-state index contributed by atoms with van der Waals surface area (Å²) in [6, 6.07) is 5.52. The number of likely N-dealkylation sites (N-methyl/N-ethyl adjacent to an activating group) is 1. The van der Waals surface area contributed by atoms with E-state index in [9.17, 15) is 4.39 Å². The van der Waals surface area contributed by atoms with Crippen LogP contribution in [0.5, 0.6) is 0 Å². The van der Waals surface area contributed by atoms with Crippen molar-refractivity contribution in [3.05, 3.63) is 35.8 Å². The molecule has 0 saturated carbocycles. The lowest BCUT2D eigenvalue weighted by Crippen LogP contribution is -2.41. The Morgan fingerprint density at radius 3 is 2.56 bits per heavy atom. The molecule has 98 valence electrons. The number of hydrogen-bond donors (Lipinski definition) is 0. The number of fused-ring (bicyclic) bond motifs is 1. The Labute approximate surface area is 108 Å². The van der Waals surface area contributed by atoms with E-state index in [1.165, 1.54) is 0 Å². The fourth-order valence-electron chi connectivity index (χ4n) is 2.01. The summed E-state index contributed by atoms with van der Waals surface area (Å²) in [5.41, 5.74) is 1.86. The van der Waals surface area contributed by atoms with E-state index >= 15 is 0 Å². The molecule has 0 aliphatic heterocycles. The van der Waals surface area contributed by atoms with Gasteiger partial charge in [-0.1, -0.05) is 0 Å². The number of hydrogen-bond acceptors (Lipinski definition) is 1. The molecule has 0 fully saturated rings. The molecule has 0 aliphatic rings. The van der Waals surface area contributed by atoms with Crippen LogP contribution in [0.4, 0.5) is 4.39 Å². The van der Waals surface area contributed by atoms with E-state index in [0.29, 0.717) is 5.56 Å². The maximum absolute atomic E-state index is 13.5. The third-order valence-corrected chi connectivity index (χ3v) is 3.82. The quantitative estimate of drug-likeness (QED) is 0.808. The first kappa shape index (κ1) is 13.1. The number of benzene rings is 1. The van der Waals surface area contributed by atoms with Gasteiger partial charge in [-0.3, -0.25) is 0 Å². The number of rotatable bonds is 3. The Morgan fingerprint density at radius 1 is 1.28 bits per heavy atom. The molecule has 2 rings (SSSR count). The highest BCUT2D eigenvalue weighted by Gasteiger charge is 2.21. The van der Waals surface area contributed by atoms with Gasteiger partial charge in [0.15, 0.2) is 0 Å². The van der Waals surface area contributed by atoms with Crippen molar-refractivity contribution >= 4 is 10.9 Å². The summed E-state index contributed by atoms with van der Waals surface area (Å²) in [5, 5.41) is 0.965. The summed E-state index contributed by atoms with van der Waals surface area (Å²) >= 11 is 0. The van der Waals surface area contributed by atoms with Crippen LogP contribution in [0.2, 0.25) is 0 Å². The Kier molecular flexibility index (Phi) is 3.20. The summed E-state index contributed by atoms with van der Waals surface area (Å²) < 4.78 is 15.7. The Balaban J connectivity index is 2.44. The van der Waals surface area contributed by atoms with E-state index < -0.39 is 0 Å². The lowest BCUT2D eigenvalue weighted by molar-refractivity contribution is 0.171. The molecule has 2 nitrogen and oxygen atoms in total. The summed E-state index contributed by atoms with van der Waals surface area (Å²) in [7, 11) is 4.16. The van der Waals surface area contributed by atoms with Gasteiger partial charge in [-0.25, -0.2) is 4.39 Å². The molecular weight excluding hydrogens is 227 g/mol. The zero-order valence-electron chi connectivity index (χ0n) is 11.8. The third-order valence-electron chi connectivity index (χ3n) is 3.82. The first-order valence-corrected chi connectivity index (χ1v) is 6.24. The monoisotopic (exact) mass is 248 g/mol. The zero-order chi connectivity index (χ0) is 13.5. The second-order valence-electron chi connectivity index (χ2n) is 5.81. The van der Waals surface area contributed by atoms with Gasteiger partial charge in [0, 0.05) is 29.2 Å². The average molecular weight is 248 g/mol. The Bertz CT molecular complexity index is 567. The van der Waals surface area contributed by atoms with Gasteiger partial charge in [-0.2, -0.15) is 0 Å². The largest absolute Gasteiger partial charge is 0.346 e. The highest BCUT2D eigenvalue weighted by Crippen LogP contribution is 2.23. The molecule has 3 heteroatoms. The molecule has 0 saturated heterocycles. The molecule has 0 atom stereocenters. The van der Waals surface area contributed by atoms with Crippen LogP contribution in [0, 0.1) is 12.7 Å². The fourth-order valence-corrected chi connectivity index (χ4v) is 2.01. The molecule has 18 heavy (non-hydrogen) atoms. The second kappa shape index (κ2) is 4.39. The molecule has 0 aliphatic carbocycles. The van der Waals surface area contributed by atoms with E-state index in [-0.39, 0.29) is 11.4 Å². The van der Waals surface area contributed by atoms with Gasteiger partial charge in [-0.15, -0.1) is 0 Å². The molecule has 1 aromatic carbocycles. The number of nitrogens with zero attached hydrogens (tertiary/aromatic N) is 2. The van der Waals surface area contributed by atoms with Crippen molar-refractivity contribution in [2.75, 3.05) is 14.1 Å². The minimum atomic E-state index is -0.132. The highest BCUT2D eigenvalue weighted by molar-refractivity contribution is 5.81. The minimum Gasteiger partial charge on any atom is -0.346 e. The summed E-state index contributed by atoms with van der Waals surface area (Å²) in [4.78, 5) is 2.20. The molecule has 0 bridgehead atoms. The number of aryl methyl sites for hydroxylation is 1. The standard InChI is InChI=1S/C15H21FN2/c1-11-8-14-12(9-13(11)16)6-7-18(14)10-15(2,3)17(4)5/h6-9H,10H2,1-5H3. The van der Waals surface area contributed by atoms with Crippen LogP contribution in [0.15, 0.2) is 24.4 Å². The molecule has 0 radical (unpaired) electrons. The van der Waals surface area contributed by atoms with Gasteiger partial charge in [0.1, 0.15) is 5.82 Å². The molecule has 0 unspecified atom stereocenters. The van der Waals surface area contributed by atoms with Crippen molar-refractivity contribution in [1.29, 1.82) is 0 Å². The van der Waals surface area contributed by atoms with Gasteiger partial charge >= 0.3 is 0 Å². The van der Waals surface area contributed by atoms with E-state index in [1.54, 1.807) is 6.07 Å². The van der Waals surface area contributed by atoms with E-state index in [0.717, 1.165) is 17.4 Å². The van der Waals surface area contributed by atoms with Crippen molar-refractivity contribution in [2.45, 2.75) is 32.9 Å². The number of aromatic nitrogens is 1. The van der Waals surface area contributed by atoms with Crippen molar-refractivity contribution in [2.24, 2.45) is 0 Å². The second-order valence-corrected chi connectivity index (χ2v) is 5.81. The molecular formula is C15H21FN2. The van der Waals surface area contributed by atoms with Crippen LogP contribution >= 0.6 is 0 Å². The van der Waals surface area contributed by atoms with E-state index in [1.807, 2.05) is 25.3 Å². The zero-order valence-corrected chi connectivity index (χ0v) is 11.8. The normalized spacial score (nSPS) is 12.6. The van der Waals surface area contributed by atoms with Crippen LogP contribution in [0.25, 0.3) is 10.9 Å². The van der Waals surface area contributed by atoms with Crippen LogP contribution in [0.1, 0.15) is 19.4 Å². The average Bonchev–Trinajstić information content (AvgIpc) is 2.61. The van der Waals surface area contributed by atoms with Crippen LogP contribution in [-0.4, -0.2) is 29.1 Å².